The van der Waals surface area contributed by atoms with Gasteiger partial charge in [0.05, 0.1) is 31.5 Å². The van der Waals surface area contributed by atoms with Crippen LogP contribution in [0.15, 0.2) is 23.2 Å². The molecule has 0 aliphatic heterocycles. The van der Waals surface area contributed by atoms with Crippen LogP contribution in [0.2, 0.25) is 0 Å². The van der Waals surface area contributed by atoms with E-state index in [9.17, 15) is 0 Å². The summed E-state index contributed by atoms with van der Waals surface area (Å²) in [6.07, 6.45) is 42.2. The third-order valence-corrected chi connectivity index (χ3v) is 12.6. The highest BCUT2D eigenvalue weighted by Crippen LogP contribution is 2.39. The van der Waals surface area contributed by atoms with E-state index in [2.05, 4.69) is 26.0 Å². The van der Waals surface area contributed by atoms with E-state index in [4.69, 9.17) is 9.97 Å². The number of benzene rings is 2. The number of unbranched alkanes of at least 4 members (excludes halogenated alkanes) is 26. The second-order valence-electron chi connectivity index (χ2n) is 14.9. The van der Waals surface area contributed by atoms with Crippen LogP contribution in [0.3, 0.4) is 0 Å². The highest BCUT2D eigenvalue weighted by molar-refractivity contribution is 7.25. The normalized spacial score (nSPS) is 12.0. The van der Waals surface area contributed by atoms with Gasteiger partial charge in [0.1, 0.15) is 0 Å². The number of rotatable bonds is 30. The fourth-order valence-electron chi connectivity index (χ4n) is 7.76. The molecule has 0 fully saturated rings. The molecule has 0 saturated carbocycles. The summed E-state index contributed by atoms with van der Waals surface area (Å²) in [4.78, 5) is 9.72. The Morgan fingerprint density at radius 1 is 0.375 bits per heavy atom. The van der Waals surface area contributed by atoms with Crippen molar-refractivity contribution in [3.05, 3.63) is 34.3 Å². The fourth-order valence-corrected chi connectivity index (χ4v) is 9.54. The Kier molecular flexibility index (Phi) is 20.1. The van der Waals surface area contributed by atoms with Crippen molar-refractivity contribution < 1.29 is 0 Å². The molecule has 4 heteroatoms. The molecule has 0 aliphatic carbocycles. The Bertz CT molecular complexity index is 1280. The minimum Gasteiger partial charge on any atom is -0.244 e. The maximum absolute atomic E-state index is 4.86. The third-order valence-electron chi connectivity index (χ3n) is 10.8. The number of hydrogen-bond donors (Lipinski definition) is 0. The lowest BCUT2D eigenvalue weighted by Gasteiger charge is -2.13. The number of thiazole rings is 2. The number of aryl methyl sites for hydroxylation is 2. The van der Waals surface area contributed by atoms with Crippen molar-refractivity contribution in [3.8, 4) is 0 Å². The first-order chi connectivity index (χ1) is 23.8. The maximum atomic E-state index is 4.86. The maximum Gasteiger partial charge on any atom is 0.0906 e. The van der Waals surface area contributed by atoms with Crippen LogP contribution in [0.1, 0.15) is 205 Å². The van der Waals surface area contributed by atoms with Crippen LogP contribution in [0.5, 0.6) is 0 Å². The van der Waals surface area contributed by atoms with E-state index in [1.54, 1.807) is 33.8 Å². The van der Waals surface area contributed by atoms with Gasteiger partial charge in [0.2, 0.25) is 0 Å². The molecular weight excluding hydrogens is 621 g/mol. The first-order valence-electron chi connectivity index (χ1n) is 20.9. The van der Waals surface area contributed by atoms with Crippen LogP contribution in [-0.2, 0) is 12.8 Å². The Balaban J connectivity index is 1.19. The topological polar surface area (TPSA) is 25.8 Å². The molecule has 2 aromatic heterocycles. The van der Waals surface area contributed by atoms with E-state index in [1.807, 2.05) is 11.0 Å². The minimum atomic E-state index is 1.19. The lowest BCUT2D eigenvalue weighted by Crippen LogP contribution is -1.97. The zero-order valence-electron chi connectivity index (χ0n) is 31.2. The molecule has 0 unspecified atom stereocenters. The molecule has 2 heterocycles. The van der Waals surface area contributed by atoms with Crippen LogP contribution in [-0.4, -0.2) is 9.97 Å². The zero-order valence-corrected chi connectivity index (χ0v) is 32.9. The van der Waals surface area contributed by atoms with Gasteiger partial charge in [-0.25, -0.2) is 9.97 Å². The van der Waals surface area contributed by atoms with E-state index < -0.39 is 0 Å². The molecule has 0 aliphatic rings. The van der Waals surface area contributed by atoms with Gasteiger partial charge in [-0.3, -0.25) is 0 Å². The first-order valence-corrected chi connectivity index (χ1v) is 22.6. The molecule has 2 nitrogen and oxygen atoms in total. The van der Waals surface area contributed by atoms with Crippen LogP contribution in [0.4, 0.5) is 0 Å². The Morgan fingerprint density at radius 3 is 0.938 bits per heavy atom. The van der Waals surface area contributed by atoms with E-state index >= 15 is 0 Å². The number of hydrogen-bond acceptors (Lipinski definition) is 4. The largest absolute Gasteiger partial charge is 0.244 e. The van der Waals surface area contributed by atoms with Crippen molar-refractivity contribution in [1.29, 1.82) is 0 Å². The molecular formula is C44H70N2S2. The standard InChI is InChI=1S/C44H70N2S2/c1-3-5-7-9-11-13-15-17-19-21-23-25-27-29-31-37-33-39-40(42-44(48-36-46-42)43-41(39)45-35-47-43)34-38(37)32-30-28-26-24-22-20-18-16-14-12-10-8-6-4-2/h33-36H,3-32H2,1-2H3. The van der Waals surface area contributed by atoms with Crippen molar-refractivity contribution in [1.82, 2.24) is 9.97 Å². The van der Waals surface area contributed by atoms with Crippen molar-refractivity contribution in [2.75, 3.05) is 0 Å². The van der Waals surface area contributed by atoms with Gasteiger partial charge >= 0.3 is 0 Å². The highest BCUT2D eigenvalue weighted by Gasteiger charge is 2.16. The minimum absolute atomic E-state index is 1.19. The second kappa shape index (κ2) is 24.6. The first kappa shape index (κ1) is 39.3. The second-order valence-corrected chi connectivity index (χ2v) is 16.6. The van der Waals surface area contributed by atoms with Crippen molar-refractivity contribution in [2.24, 2.45) is 0 Å². The lowest BCUT2D eigenvalue weighted by molar-refractivity contribution is 0.534. The Hall–Kier alpha value is -1.52. The number of fused-ring (bicyclic) bond motifs is 6. The average molecular weight is 691 g/mol. The molecule has 0 saturated heterocycles. The van der Waals surface area contributed by atoms with Crippen LogP contribution in [0, 0.1) is 0 Å². The monoisotopic (exact) mass is 690 g/mol. The predicted octanol–water partition coefficient (Wildman–Crippen LogP) is 16.1. The van der Waals surface area contributed by atoms with E-state index in [1.165, 1.54) is 224 Å². The summed E-state index contributed by atoms with van der Waals surface area (Å²) in [5, 5.41) is 2.66. The van der Waals surface area contributed by atoms with Gasteiger partial charge in [0.15, 0.2) is 0 Å². The fraction of sp³-hybridized carbons (Fsp3) is 0.727. The van der Waals surface area contributed by atoms with Gasteiger partial charge in [-0.2, -0.15) is 0 Å². The molecule has 4 aromatic rings. The SMILES string of the molecule is CCCCCCCCCCCCCCCCc1cc2c(cc1CCCCCCCCCCCCCCCC)c1ncsc1c1scnc21. The molecule has 268 valence electrons. The molecule has 4 rings (SSSR count). The van der Waals surface area contributed by atoms with Gasteiger partial charge in [-0.05, 0) is 48.9 Å². The number of aromatic nitrogens is 2. The van der Waals surface area contributed by atoms with Crippen molar-refractivity contribution in [2.45, 2.75) is 206 Å². The Morgan fingerprint density at radius 2 is 0.646 bits per heavy atom. The molecule has 0 radical (unpaired) electrons. The molecule has 0 amide bonds. The number of nitrogens with zero attached hydrogens (tertiary/aromatic N) is 2. The van der Waals surface area contributed by atoms with Gasteiger partial charge in [-0.1, -0.05) is 181 Å². The summed E-state index contributed by atoms with van der Waals surface area (Å²) < 4.78 is 2.64. The lowest BCUT2D eigenvalue weighted by atomic mass is 9.92. The summed E-state index contributed by atoms with van der Waals surface area (Å²) in [7, 11) is 0. The summed E-state index contributed by atoms with van der Waals surface area (Å²) in [5.41, 5.74) is 9.60. The van der Waals surface area contributed by atoms with Gasteiger partial charge < -0.3 is 0 Å². The van der Waals surface area contributed by atoms with Gasteiger partial charge in [0, 0.05) is 10.8 Å². The summed E-state index contributed by atoms with van der Waals surface area (Å²) >= 11 is 3.55. The van der Waals surface area contributed by atoms with E-state index in [0.717, 1.165) is 0 Å². The van der Waals surface area contributed by atoms with Gasteiger partial charge in [0.25, 0.3) is 0 Å². The average Bonchev–Trinajstić information content (AvgIpc) is 3.79. The smallest absolute Gasteiger partial charge is 0.0906 e. The summed E-state index contributed by atoms with van der Waals surface area (Å²) in [6, 6.07) is 5.05. The van der Waals surface area contributed by atoms with Gasteiger partial charge in [-0.15, -0.1) is 22.7 Å². The molecule has 0 bridgehead atoms. The predicted molar refractivity (Wildman–Crippen MR) is 218 cm³/mol. The zero-order chi connectivity index (χ0) is 33.5. The summed E-state index contributed by atoms with van der Waals surface area (Å²) in [6.45, 7) is 4.62. The molecule has 0 spiro atoms. The Labute approximate surface area is 303 Å². The van der Waals surface area contributed by atoms with Crippen LogP contribution >= 0.6 is 22.7 Å². The summed E-state index contributed by atoms with van der Waals surface area (Å²) in [5.74, 6) is 0. The highest BCUT2D eigenvalue weighted by atomic mass is 32.1. The van der Waals surface area contributed by atoms with Crippen LogP contribution < -0.4 is 0 Å². The van der Waals surface area contributed by atoms with Crippen LogP contribution in [0.25, 0.3) is 31.2 Å². The quantitative estimate of drug-likeness (QED) is 0.0509. The molecule has 2 aromatic carbocycles. The van der Waals surface area contributed by atoms with E-state index in [-0.39, 0.29) is 0 Å². The van der Waals surface area contributed by atoms with E-state index in [0.29, 0.717) is 0 Å². The molecule has 0 N–H and O–H groups in total. The molecule has 48 heavy (non-hydrogen) atoms. The van der Waals surface area contributed by atoms with Crippen molar-refractivity contribution in [3.63, 3.8) is 0 Å². The molecule has 0 atom stereocenters. The van der Waals surface area contributed by atoms with Crippen molar-refractivity contribution >= 4 is 53.9 Å². The third kappa shape index (κ3) is 13.7.